The van der Waals surface area contributed by atoms with Crippen molar-refractivity contribution in [3.8, 4) is 0 Å². The van der Waals surface area contributed by atoms with Gasteiger partial charge in [-0.25, -0.2) is 5.11 Å². The fraction of sp³-hybridized carbons (Fsp3) is 1.00. The first kappa shape index (κ1) is 31.0. The van der Waals surface area contributed by atoms with E-state index in [1.54, 1.807) is 0 Å². The first-order valence-electron chi connectivity index (χ1n) is 14.8. The van der Waals surface area contributed by atoms with E-state index in [0.29, 0.717) is 5.92 Å². The molecule has 31 heavy (non-hydrogen) atoms. The first-order chi connectivity index (χ1) is 15.1. The van der Waals surface area contributed by atoms with Crippen molar-refractivity contribution in [1.82, 2.24) is 0 Å². The summed E-state index contributed by atoms with van der Waals surface area (Å²) in [6, 6.07) is 0. The lowest BCUT2D eigenvalue weighted by Crippen LogP contribution is -2.37. The molecule has 0 bridgehead atoms. The highest BCUT2D eigenvalue weighted by atomic mass is 16.3. The van der Waals surface area contributed by atoms with Gasteiger partial charge in [0.2, 0.25) is 0 Å². The molecule has 0 aromatic heterocycles. The van der Waals surface area contributed by atoms with Gasteiger partial charge in [-0.3, -0.25) is 0 Å². The fourth-order valence-electron chi connectivity index (χ4n) is 5.23. The van der Waals surface area contributed by atoms with Crippen LogP contribution in [0, 0.1) is 5.92 Å². The average Bonchev–Trinajstić information content (AvgIpc) is 2.77. The Kier molecular flexibility index (Phi) is 23.1. The molecule has 0 fully saturated rings. The van der Waals surface area contributed by atoms with Gasteiger partial charge in [-0.2, -0.15) is 0 Å². The van der Waals surface area contributed by atoms with Gasteiger partial charge in [-0.1, -0.05) is 156 Å². The van der Waals surface area contributed by atoms with E-state index in [1.807, 2.05) is 0 Å². The molecule has 0 aliphatic heterocycles. The summed E-state index contributed by atoms with van der Waals surface area (Å²) < 4.78 is 0. The number of hydrogen-bond donors (Lipinski definition) is 0. The van der Waals surface area contributed by atoms with Crippen molar-refractivity contribution >= 4 is 0 Å². The van der Waals surface area contributed by atoms with Gasteiger partial charge in [0.15, 0.2) is 0 Å². The zero-order chi connectivity index (χ0) is 23.0. The molecule has 0 aromatic rings. The molecule has 0 amide bonds. The number of hydrogen-bond acceptors (Lipinski definition) is 0. The van der Waals surface area contributed by atoms with Crippen LogP contribution >= 0.6 is 0 Å². The van der Waals surface area contributed by atoms with Crippen molar-refractivity contribution in [2.24, 2.45) is 5.92 Å². The van der Waals surface area contributed by atoms with Gasteiger partial charge in [-0.15, -0.1) is 0 Å². The normalized spacial score (nSPS) is 13.1. The highest BCUT2D eigenvalue weighted by Gasteiger charge is 2.36. The fourth-order valence-corrected chi connectivity index (χ4v) is 5.23. The second-order valence-corrected chi connectivity index (χ2v) is 10.5. The van der Waals surface area contributed by atoms with Crippen LogP contribution in [0.15, 0.2) is 0 Å². The SMILES string of the molecule is CCCCCCCCC(CCCC)C([O])(CCCCCCCC)CCCCCCCC. The van der Waals surface area contributed by atoms with Crippen LogP contribution in [0.1, 0.15) is 182 Å². The monoisotopic (exact) mass is 437 g/mol. The third-order valence-electron chi connectivity index (χ3n) is 7.46. The Bertz CT molecular complexity index is 321. The molecule has 0 saturated heterocycles. The van der Waals surface area contributed by atoms with Gasteiger partial charge >= 0.3 is 0 Å². The molecule has 0 saturated carbocycles. The maximum absolute atomic E-state index is 14.3. The summed E-state index contributed by atoms with van der Waals surface area (Å²) in [7, 11) is 0. The zero-order valence-electron chi connectivity index (χ0n) is 22.5. The largest absolute Gasteiger partial charge is 0.229 e. The van der Waals surface area contributed by atoms with Crippen LogP contribution in [-0.4, -0.2) is 5.60 Å². The molecule has 1 nitrogen and oxygen atoms in total. The van der Waals surface area contributed by atoms with E-state index in [9.17, 15) is 5.11 Å². The van der Waals surface area contributed by atoms with Gasteiger partial charge in [-0.05, 0) is 31.6 Å². The Balaban J connectivity index is 4.71. The molecule has 0 aromatic carbocycles. The van der Waals surface area contributed by atoms with Crippen LogP contribution in [0.5, 0.6) is 0 Å². The van der Waals surface area contributed by atoms with E-state index in [-0.39, 0.29) is 0 Å². The second kappa shape index (κ2) is 23.1. The van der Waals surface area contributed by atoms with Crippen LogP contribution in [-0.2, 0) is 5.11 Å². The third kappa shape index (κ3) is 18.1. The summed E-state index contributed by atoms with van der Waals surface area (Å²) in [5, 5.41) is 14.3. The predicted octanol–water partition coefficient (Wildman–Crippen LogP) is 11.2. The minimum absolute atomic E-state index is 0.421. The Hall–Kier alpha value is -0.0400. The third-order valence-corrected chi connectivity index (χ3v) is 7.46. The molecule has 1 heteroatoms. The molecule has 0 rings (SSSR count). The van der Waals surface area contributed by atoms with Crippen LogP contribution < -0.4 is 0 Å². The lowest BCUT2D eigenvalue weighted by molar-refractivity contribution is -0.0997. The topological polar surface area (TPSA) is 19.9 Å². The summed E-state index contributed by atoms with van der Waals surface area (Å²) in [5.74, 6) is 0.421. The standard InChI is InChI=1S/C30H61O/c1-5-9-13-16-19-22-26-29(25-12-8-4)30(31,27-23-20-17-14-10-6-2)28-24-21-18-15-11-7-3/h29H,5-28H2,1-4H3. The summed E-state index contributed by atoms with van der Waals surface area (Å²) >= 11 is 0. The maximum Gasteiger partial charge on any atom is 0.106 e. The van der Waals surface area contributed by atoms with Crippen molar-refractivity contribution < 1.29 is 5.11 Å². The van der Waals surface area contributed by atoms with Gasteiger partial charge in [0, 0.05) is 0 Å². The quantitative estimate of drug-likeness (QED) is 0.126. The molecule has 1 radical (unpaired) electrons. The molecule has 1 unspecified atom stereocenters. The first-order valence-corrected chi connectivity index (χ1v) is 14.8. The second-order valence-electron chi connectivity index (χ2n) is 10.5. The van der Waals surface area contributed by atoms with Gasteiger partial charge in [0.25, 0.3) is 0 Å². The molecule has 187 valence electrons. The van der Waals surface area contributed by atoms with Crippen molar-refractivity contribution in [3.05, 3.63) is 0 Å². The summed E-state index contributed by atoms with van der Waals surface area (Å²) in [6.07, 6.45) is 30.4. The van der Waals surface area contributed by atoms with Crippen molar-refractivity contribution in [1.29, 1.82) is 0 Å². The Morgan fingerprint density at radius 3 is 1.16 bits per heavy atom. The van der Waals surface area contributed by atoms with E-state index in [1.165, 1.54) is 141 Å². The molecule has 0 spiro atoms. The van der Waals surface area contributed by atoms with Crippen LogP contribution in [0.4, 0.5) is 0 Å². The molecule has 0 heterocycles. The minimum atomic E-state index is -0.645. The zero-order valence-corrected chi connectivity index (χ0v) is 22.5. The van der Waals surface area contributed by atoms with E-state index in [0.717, 1.165) is 12.8 Å². The maximum atomic E-state index is 14.3. The Morgan fingerprint density at radius 2 is 0.742 bits per heavy atom. The van der Waals surface area contributed by atoms with Gasteiger partial charge < -0.3 is 0 Å². The molecular formula is C30H61O. The molecular weight excluding hydrogens is 376 g/mol. The Labute approximate surface area is 198 Å². The van der Waals surface area contributed by atoms with Crippen LogP contribution in [0.25, 0.3) is 0 Å². The Morgan fingerprint density at radius 1 is 0.419 bits per heavy atom. The molecule has 1 atom stereocenters. The van der Waals surface area contributed by atoms with Gasteiger partial charge in [0.1, 0.15) is 5.60 Å². The van der Waals surface area contributed by atoms with E-state index in [2.05, 4.69) is 27.7 Å². The molecule has 0 N–H and O–H groups in total. The number of rotatable bonds is 25. The van der Waals surface area contributed by atoms with Crippen molar-refractivity contribution in [2.75, 3.05) is 0 Å². The van der Waals surface area contributed by atoms with E-state index >= 15 is 0 Å². The van der Waals surface area contributed by atoms with Crippen molar-refractivity contribution in [3.63, 3.8) is 0 Å². The molecule has 0 aliphatic carbocycles. The van der Waals surface area contributed by atoms with Gasteiger partial charge in [0.05, 0.1) is 0 Å². The lowest BCUT2D eigenvalue weighted by Gasteiger charge is -2.35. The van der Waals surface area contributed by atoms with Crippen molar-refractivity contribution in [2.45, 2.75) is 187 Å². The predicted molar refractivity (Wildman–Crippen MR) is 140 cm³/mol. The highest BCUT2D eigenvalue weighted by Crippen LogP contribution is 2.37. The van der Waals surface area contributed by atoms with E-state index < -0.39 is 5.60 Å². The highest BCUT2D eigenvalue weighted by molar-refractivity contribution is 4.86. The summed E-state index contributed by atoms with van der Waals surface area (Å²) in [4.78, 5) is 0. The molecule has 0 aliphatic rings. The lowest BCUT2D eigenvalue weighted by atomic mass is 9.74. The minimum Gasteiger partial charge on any atom is -0.229 e. The summed E-state index contributed by atoms with van der Waals surface area (Å²) in [5.41, 5.74) is -0.645. The van der Waals surface area contributed by atoms with E-state index in [4.69, 9.17) is 0 Å². The van der Waals surface area contributed by atoms with Crippen LogP contribution in [0.2, 0.25) is 0 Å². The number of unbranched alkanes of at least 4 members (excludes halogenated alkanes) is 16. The van der Waals surface area contributed by atoms with Crippen LogP contribution in [0.3, 0.4) is 0 Å². The average molecular weight is 438 g/mol. The smallest absolute Gasteiger partial charge is 0.106 e. The summed E-state index contributed by atoms with van der Waals surface area (Å²) in [6.45, 7) is 9.14.